The van der Waals surface area contributed by atoms with Gasteiger partial charge in [-0.3, -0.25) is 4.72 Å². The lowest BCUT2D eigenvalue weighted by Crippen LogP contribution is -2.11. The van der Waals surface area contributed by atoms with Gasteiger partial charge in [-0.05, 0) is 43.0 Å². The molecule has 0 amide bonds. The van der Waals surface area contributed by atoms with Crippen molar-refractivity contribution in [3.63, 3.8) is 0 Å². The number of anilines is 1. The third kappa shape index (κ3) is 5.19. The summed E-state index contributed by atoms with van der Waals surface area (Å²) in [5.74, 6) is 0.00394. The number of benzene rings is 1. The summed E-state index contributed by atoms with van der Waals surface area (Å²) >= 11 is 1.14. The zero-order valence-electron chi connectivity index (χ0n) is 16.6. The summed E-state index contributed by atoms with van der Waals surface area (Å²) in [5.41, 5.74) is 1.21. The third-order valence-electron chi connectivity index (χ3n) is 4.56. The molecule has 0 bridgehead atoms. The van der Waals surface area contributed by atoms with Crippen molar-refractivity contribution in [2.75, 3.05) is 11.3 Å². The quantitative estimate of drug-likeness (QED) is 0.325. The van der Waals surface area contributed by atoms with Crippen LogP contribution in [0.5, 0.6) is 0 Å². The van der Waals surface area contributed by atoms with E-state index in [9.17, 15) is 13.2 Å². The molecule has 2 heterocycles. The predicted octanol–water partition coefficient (Wildman–Crippen LogP) is 5.73. The molecule has 0 radical (unpaired) electrons. The second-order valence-electron chi connectivity index (χ2n) is 6.83. The number of thiophene rings is 1. The van der Waals surface area contributed by atoms with Crippen LogP contribution in [-0.2, 0) is 14.8 Å². The summed E-state index contributed by atoms with van der Waals surface area (Å²) in [6.45, 7) is 4.22. The van der Waals surface area contributed by atoms with E-state index in [0.717, 1.165) is 30.6 Å². The van der Waals surface area contributed by atoms with Crippen molar-refractivity contribution in [1.82, 2.24) is 0 Å². The molecule has 0 saturated carbocycles. The van der Waals surface area contributed by atoms with Crippen LogP contribution in [0.25, 0.3) is 11.0 Å². The fraction of sp³-hybridized carbons (Fsp3) is 0.381. The average Bonchev–Trinajstić information content (AvgIpc) is 3.32. The van der Waals surface area contributed by atoms with Crippen molar-refractivity contribution >= 4 is 44.0 Å². The van der Waals surface area contributed by atoms with Crippen LogP contribution in [0.3, 0.4) is 0 Å². The maximum atomic E-state index is 12.6. The molecule has 156 valence electrons. The van der Waals surface area contributed by atoms with Gasteiger partial charge in [0.05, 0.1) is 6.61 Å². The topological polar surface area (TPSA) is 85.6 Å². The molecule has 0 saturated heterocycles. The van der Waals surface area contributed by atoms with Crippen LogP contribution < -0.4 is 4.72 Å². The molecular weight excluding hydrogens is 410 g/mol. The van der Waals surface area contributed by atoms with E-state index in [1.54, 1.807) is 36.6 Å². The van der Waals surface area contributed by atoms with Crippen molar-refractivity contribution in [2.24, 2.45) is 0 Å². The Morgan fingerprint density at radius 3 is 2.69 bits per heavy atom. The van der Waals surface area contributed by atoms with Gasteiger partial charge in [-0.2, -0.15) is 0 Å². The van der Waals surface area contributed by atoms with Crippen LogP contribution in [0, 0.1) is 6.92 Å². The number of unbranched alkanes of at least 4 members (excludes halogenated alkanes) is 4. The number of esters is 1. The molecule has 1 N–H and O–H groups in total. The molecular formula is C21H25NO5S2. The molecule has 0 aliphatic rings. The van der Waals surface area contributed by atoms with Gasteiger partial charge in [0, 0.05) is 11.1 Å². The second-order valence-corrected chi connectivity index (χ2v) is 9.69. The molecule has 0 atom stereocenters. The van der Waals surface area contributed by atoms with Gasteiger partial charge in [0.2, 0.25) is 0 Å². The molecule has 0 fully saturated rings. The minimum absolute atomic E-state index is 0.226. The van der Waals surface area contributed by atoms with E-state index in [2.05, 4.69) is 11.6 Å². The second kappa shape index (κ2) is 9.45. The van der Waals surface area contributed by atoms with E-state index < -0.39 is 16.0 Å². The number of aryl methyl sites for hydroxylation is 1. The van der Waals surface area contributed by atoms with E-state index in [0.29, 0.717) is 34.6 Å². The molecule has 0 spiro atoms. The van der Waals surface area contributed by atoms with E-state index in [-0.39, 0.29) is 4.21 Å². The molecule has 0 unspecified atom stereocenters. The van der Waals surface area contributed by atoms with Gasteiger partial charge in [0.25, 0.3) is 10.0 Å². The molecule has 29 heavy (non-hydrogen) atoms. The van der Waals surface area contributed by atoms with Gasteiger partial charge < -0.3 is 9.15 Å². The van der Waals surface area contributed by atoms with E-state index in [1.807, 2.05) is 0 Å². The molecule has 3 rings (SSSR count). The lowest BCUT2D eigenvalue weighted by atomic mass is 10.1. The Morgan fingerprint density at radius 1 is 1.17 bits per heavy atom. The molecule has 6 nitrogen and oxygen atoms in total. The Hall–Kier alpha value is -2.32. The van der Waals surface area contributed by atoms with Crippen LogP contribution in [0.2, 0.25) is 0 Å². The lowest BCUT2D eigenvalue weighted by molar-refractivity contribution is 0.0497. The smallest absolute Gasteiger partial charge is 0.342 e. The van der Waals surface area contributed by atoms with Gasteiger partial charge in [0.1, 0.15) is 21.1 Å². The van der Waals surface area contributed by atoms with Gasteiger partial charge in [-0.25, -0.2) is 13.2 Å². The first-order valence-electron chi connectivity index (χ1n) is 9.69. The highest BCUT2D eigenvalue weighted by molar-refractivity contribution is 7.94. The van der Waals surface area contributed by atoms with Gasteiger partial charge >= 0.3 is 5.97 Å². The van der Waals surface area contributed by atoms with Gasteiger partial charge in [-0.15, -0.1) is 11.3 Å². The van der Waals surface area contributed by atoms with Crippen LogP contribution >= 0.6 is 11.3 Å². The largest absolute Gasteiger partial charge is 0.462 e. The maximum Gasteiger partial charge on any atom is 0.342 e. The van der Waals surface area contributed by atoms with Crippen molar-refractivity contribution in [2.45, 2.75) is 50.2 Å². The van der Waals surface area contributed by atoms with Crippen LogP contribution in [0.15, 0.2) is 44.3 Å². The minimum atomic E-state index is -3.67. The SMILES string of the molecule is CCCCCCCOC(=O)c1c(C)oc2ccc(NS(=O)(=O)c3cccs3)cc12. The Morgan fingerprint density at radius 2 is 1.97 bits per heavy atom. The van der Waals surface area contributed by atoms with Gasteiger partial charge in [0.15, 0.2) is 0 Å². The van der Waals surface area contributed by atoms with Crippen LogP contribution in [-0.4, -0.2) is 21.0 Å². The number of ether oxygens (including phenoxy) is 1. The third-order valence-corrected chi connectivity index (χ3v) is 7.34. The van der Waals surface area contributed by atoms with Gasteiger partial charge in [-0.1, -0.05) is 38.7 Å². The first-order valence-corrected chi connectivity index (χ1v) is 12.0. The number of rotatable bonds is 10. The standard InChI is InChI=1S/C21H25NO5S2/c1-3-4-5-6-7-12-26-21(23)20-15(2)27-18-11-10-16(14-17(18)20)22-29(24,25)19-9-8-13-28-19/h8-11,13-14,22H,3-7,12H2,1-2H3. The summed E-state index contributed by atoms with van der Waals surface area (Å²) in [6, 6.07) is 8.08. The van der Waals surface area contributed by atoms with Crippen molar-refractivity contribution in [1.29, 1.82) is 0 Å². The minimum Gasteiger partial charge on any atom is -0.462 e. The number of carbonyl (C=O) groups excluding carboxylic acids is 1. The van der Waals surface area contributed by atoms with Crippen molar-refractivity contribution in [3.05, 3.63) is 47.0 Å². The Balaban J connectivity index is 1.75. The highest BCUT2D eigenvalue weighted by atomic mass is 32.2. The Labute approximate surface area is 174 Å². The number of hydrogen-bond donors (Lipinski definition) is 1. The number of carbonyl (C=O) groups is 1. The van der Waals surface area contributed by atoms with Crippen molar-refractivity contribution < 1.29 is 22.4 Å². The molecule has 3 aromatic rings. The highest BCUT2D eigenvalue weighted by Gasteiger charge is 2.21. The molecule has 0 aliphatic heterocycles. The normalized spacial score (nSPS) is 11.7. The van der Waals surface area contributed by atoms with E-state index in [1.165, 1.54) is 18.9 Å². The van der Waals surface area contributed by atoms with Crippen molar-refractivity contribution in [3.8, 4) is 0 Å². The zero-order chi connectivity index (χ0) is 20.9. The average molecular weight is 436 g/mol. The summed E-state index contributed by atoms with van der Waals surface area (Å²) in [7, 11) is -3.67. The summed E-state index contributed by atoms with van der Waals surface area (Å²) in [4.78, 5) is 12.6. The number of sulfonamides is 1. The number of furan rings is 1. The lowest BCUT2D eigenvalue weighted by Gasteiger charge is -2.07. The number of fused-ring (bicyclic) bond motifs is 1. The Kier molecular flexibility index (Phi) is 6.97. The maximum absolute atomic E-state index is 12.6. The molecule has 2 aromatic heterocycles. The van der Waals surface area contributed by atoms with Crippen LogP contribution in [0.1, 0.15) is 55.1 Å². The first-order chi connectivity index (χ1) is 13.9. The first kappa shape index (κ1) is 21.4. The fourth-order valence-corrected chi connectivity index (χ4v) is 5.14. The molecule has 0 aliphatic carbocycles. The predicted molar refractivity (Wildman–Crippen MR) is 115 cm³/mol. The highest BCUT2D eigenvalue weighted by Crippen LogP contribution is 2.30. The zero-order valence-corrected chi connectivity index (χ0v) is 18.2. The van der Waals surface area contributed by atoms with Crippen LogP contribution in [0.4, 0.5) is 5.69 Å². The molecule has 1 aromatic carbocycles. The Bertz CT molecular complexity index is 1070. The fourth-order valence-electron chi connectivity index (χ4n) is 3.10. The number of nitrogens with one attached hydrogen (secondary N) is 1. The summed E-state index contributed by atoms with van der Waals surface area (Å²) in [6.07, 6.45) is 5.34. The van der Waals surface area contributed by atoms with E-state index in [4.69, 9.17) is 9.15 Å². The summed E-state index contributed by atoms with van der Waals surface area (Å²) in [5, 5.41) is 2.23. The monoisotopic (exact) mass is 435 g/mol. The molecule has 8 heteroatoms. The van der Waals surface area contributed by atoms with E-state index >= 15 is 0 Å². The summed E-state index contributed by atoms with van der Waals surface area (Å²) < 4.78 is 38.8. The number of hydrogen-bond acceptors (Lipinski definition) is 6.